The third-order valence-electron chi connectivity index (χ3n) is 1.64. The maximum Gasteiger partial charge on any atom is 0.317 e. The summed E-state index contributed by atoms with van der Waals surface area (Å²) in [5.74, 6) is -0.209. The molecular formula is C8H5N2O6. The smallest absolute Gasteiger partial charge is 0.317 e. The van der Waals surface area contributed by atoms with Crippen molar-refractivity contribution in [2.24, 2.45) is 0 Å². The summed E-state index contributed by atoms with van der Waals surface area (Å²) in [7, 11) is 0. The van der Waals surface area contributed by atoms with Gasteiger partial charge in [0.2, 0.25) is 6.29 Å². The lowest BCUT2D eigenvalue weighted by Gasteiger charge is -2.02. The Hall–Kier alpha value is -2.51. The minimum Gasteiger partial charge on any atom is -0.478 e. The van der Waals surface area contributed by atoms with Gasteiger partial charge >= 0.3 is 5.69 Å². The summed E-state index contributed by atoms with van der Waals surface area (Å²) in [4.78, 5) is 29.3. The van der Waals surface area contributed by atoms with Gasteiger partial charge in [-0.15, -0.1) is 0 Å². The molecule has 8 nitrogen and oxygen atoms in total. The first-order valence-electron chi connectivity index (χ1n) is 3.97. The van der Waals surface area contributed by atoms with Gasteiger partial charge in [-0.2, -0.15) is 0 Å². The first-order valence-corrected chi connectivity index (χ1v) is 3.97. The lowest BCUT2D eigenvalue weighted by Crippen LogP contribution is -2.01. The van der Waals surface area contributed by atoms with Gasteiger partial charge < -0.3 is 4.74 Å². The zero-order valence-electron chi connectivity index (χ0n) is 7.78. The van der Waals surface area contributed by atoms with E-state index in [1.165, 1.54) is 6.29 Å². The lowest BCUT2D eigenvalue weighted by molar-refractivity contribution is -0.394. The van der Waals surface area contributed by atoms with Crippen molar-refractivity contribution in [2.75, 3.05) is 6.61 Å². The van der Waals surface area contributed by atoms with Crippen LogP contribution < -0.4 is 4.74 Å². The Labute approximate surface area is 88.7 Å². The molecule has 0 saturated carbocycles. The minimum absolute atomic E-state index is 0.209. The molecule has 0 fully saturated rings. The van der Waals surface area contributed by atoms with Gasteiger partial charge in [-0.1, -0.05) is 0 Å². The summed E-state index contributed by atoms with van der Waals surface area (Å²) in [5.41, 5.74) is -0.987. The van der Waals surface area contributed by atoms with Crippen molar-refractivity contribution in [3.63, 3.8) is 0 Å². The molecule has 0 unspecified atom stereocenters. The molecule has 0 aliphatic heterocycles. The van der Waals surface area contributed by atoms with Crippen LogP contribution in [-0.4, -0.2) is 22.7 Å². The number of hydrogen-bond donors (Lipinski definition) is 0. The molecule has 0 spiro atoms. The van der Waals surface area contributed by atoms with Crippen LogP contribution in [-0.2, 0) is 4.79 Å². The van der Waals surface area contributed by atoms with Crippen molar-refractivity contribution in [1.29, 1.82) is 0 Å². The normalized spacial score (nSPS) is 9.50. The molecule has 83 valence electrons. The van der Waals surface area contributed by atoms with Crippen molar-refractivity contribution in [3.05, 3.63) is 38.4 Å². The molecule has 1 radical (unpaired) electrons. The minimum atomic E-state index is -0.826. The van der Waals surface area contributed by atoms with Gasteiger partial charge in [-0.25, -0.2) is 0 Å². The highest BCUT2D eigenvalue weighted by atomic mass is 16.6. The van der Waals surface area contributed by atoms with Gasteiger partial charge in [0.25, 0.3) is 5.69 Å². The predicted octanol–water partition coefficient (Wildman–Crippen LogP) is 0.991. The maximum atomic E-state index is 10.6. The highest BCUT2D eigenvalue weighted by molar-refractivity contribution is 5.56. The number of non-ortho nitro benzene ring substituents is 1. The molecule has 0 heterocycles. The fourth-order valence-corrected chi connectivity index (χ4v) is 0.991. The summed E-state index contributed by atoms with van der Waals surface area (Å²) in [6, 6.07) is 2.88. The first-order chi connectivity index (χ1) is 7.56. The summed E-state index contributed by atoms with van der Waals surface area (Å²) in [5, 5.41) is 20.9. The van der Waals surface area contributed by atoms with Crippen LogP contribution in [0.1, 0.15) is 0 Å². The SMILES string of the molecule is O=[C]COc1ccc([N+](=O)[O-])cc1[N+](=O)[O-]. The van der Waals surface area contributed by atoms with Gasteiger partial charge in [0.05, 0.1) is 15.9 Å². The van der Waals surface area contributed by atoms with Gasteiger partial charge in [-0.05, 0) is 6.07 Å². The van der Waals surface area contributed by atoms with Crippen molar-refractivity contribution in [1.82, 2.24) is 0 Å². The monoisotopic (exact) mass is 225 g/mol. The highest BCUT2D eigenvalue weighted by Gasteiger charge is 2.20. The Morgan fingerprint density at radius 1 is 1.25 bits per heavy atom. The molecule has 1 aromatic rings. The molecule has 0 bridgehead atoms. The van der Waals surface area contributed by atoms with E-state index >= 15 is 0 Å². The molecule has 1 aromatic carbocycles. The second kappa shape index (κ2) is 4.82. The summed E-state index contributed by atoms with van der Waals surface area (Å²) < 4.78 is 4.69. The van der Waals surface area contributed by atoms with Crippen LogP contribution in [0.25, 0.3) is 0 Å². The standard InChI is InChI=1S/C8H5N2O6/c11-3-4-16-8-2-1-6(9(12)13)5-7(8)10(14)15/h1-2,5H,4H2. The van der Waals surface area contributed by atoms with Crippen LogP contribution in [0.4, 0.5) is 11.4 Å². The van der Waals surface area contributed by atoms with E-state index in [2.05, 4.69) is 0 Å². The number of nitro groups is 2. The number of hydrogen-bond acceptors (Lipinski definition) is 6. The van der Waals surface area contributed by atoms with Gasteiger partial charge in [0.1, 0.15) is 0 Å². The molecular weight excluding hydrogens is 220 g/mol. The van der Waals surface area contributed by atoms with Crippen molar-refractivity contribution < 1.29 is 19.4 Å². The number of nitrogens with zero attached hydrogens (tertiary/aromatic N) is 2. The quantitative estimate of drug-likeness (QED) is 0.545. The van der Waals surface area contributed by atoms with E-state index in [1.807, 2.05) is 0 Å². The molecule has 0 N–H and O–H groups in total. The molecule has 0 aliphatic carbocycles. The summed E-state index contributed by atoms with van der Waals surface area (Å²) in [6.07, 6.45) is 1.39. The zero-order chi connectivity index (χ0) is 12.1. The van der Waals surface area contributed by atoms with E-state index in [1.54, 1.807) is 0 Å². The van der Waals surface area contributed by atoms with Crippen LogP contribution >= 0.6 is 0 Å². The second-order valence-corrected chi connectivity index (χ2v) is 2.60. The Morgan fingerprint density at radius 2 is 1.94 bits per heavy atom. The Kier molecular flexibility index (Phi) is 3.49. The van der Waals surface area contributed by atoms with Crippen molar-refractivity contribution >= 4 is 17.7 Å². The van der Waals surface area contributed by atoms with Crippen LogP contribution in [0.15, 0.2) is 18.2 Å². The van der Waals surface area contributed by atoms with E-state index in [9.17, 15) is 25.0 Å². The number of benzene rings is 1. The average Bonchev–Trinajstić information content (AvgIpc) is 2.25. The molecule has 1 rings (SSSR count). The van der Waals surface area contributed by atoms with E-state index < -0.39 is 27.8 Å². The first kappa shape index (κ1) is 11.6. The van der Waals surface area contributed by atoms with E-state index in [4.69, 9.17) is 4.74 Å². The van der Waals surface area contributed by atoms with Gasteiger partial charge in [0.15, 0.2) is 12.4 Å². The van der Waals surface area contributed by atoms with E-state index in [0.717, 1.165) is 18.2 Å². The summed E-state index contributed by atoms with van der Waals surface area (Å²) in [6.45, 7) is -0.474. The molecule has 0 aromatic heterocycles. The van der Waals surface area contributed by atoms with Crippen LogP contribution in [0, 0.1) is 20.2 Å². The van der Waals surface area contributed by atoms with E-state index in [-0.39, 0.29) is 5.75 Å². The molecule has 8 heteroatoms. The highest BCUT2D eigenvalue weighted by Crippen LogP contribution is 2.30. The Bertz CT molecular complexity index is 444. The van der Waals surface area contributed by atoms with Crippen LogP contribution in [0.3, 0.4) is 0 Å². The zero-order valence-corrected chi connectivity index (χ0v) is 7.78. The summed E-state index contributed by atoms with van der Waals surface area (Å²) >= 11 is 0. The maximum absolute atomic E-state index is 10.6. The van der Waals surface area contributed by atoms with Crippen LogP contribution in [0.2, 0.25) is 0 Å². The van der Waals surface area contributed by atoms with Crippen molar-refractivity contribution in [2.45, 2.75) is 0 Å². The average molecular weight is 225 g/mol. The fraction of sp³-hybridized carbons (Fsp3) is 0.125. The van der Waals surface area contributed by atoms with Gasteiger partial charge in [0, 0.05) is 6.07 Å². The Morgan fingerprint density at radius 3 is 2.44 bits per heavy atom. The number of ether oxygens (including phenoxy) is 1. The van der Waals surface area contributed by atoms with Crippen molar-refractivity contribution in [3.8, 4) is 5.75 Å². The topological polar surface area (TPSA) is 113 Å². The second-order valence-electron chi connectivity index (χ2n) is 2.60. The number of carbonyl (C=O) groups excluding carboxylic acids is 1. The largest absolute Gasteiger partial charge is 0.478 e. The molecule has 16 heavy (non-hydrogen) atoms. The van der Waals surface area contributed by atoms with Crippen LogP contribution in [0.5, 0.6) is 5.75 Å². The van der Waals surface area contributed by atoms with E-state index in [0.29, 0.717) is 0 Å². The number of rotatable bonds is 5. The molecule has 0 saturated heterocycles. The Balaban J connectivity index is 3.13. The van der Waals surface area contributed by atoms with Gasteiger partial charge in [-0.3, -0.25) is 25.0 Å². The fourth-order valence-electron chi connectivity index (χ4n) is 0.991. The molecule has 0 atom stereocenters. The lowest BCUT2D eigenvalue weighted by atomic mass is 10.2. The molecule has 0 aliphatic rings. The third-order valence-corrected chi connectivity index (χ3v) is 1.64. The molecule has 0 amide bonds. The predicted molar refractivity (Wildman–Crippen MR) is 50.9 cm³/mol. The third kappa shape index (κ3) is 2.50. The number of nitro benzene ring substituents is 2.